The minimum atomic E-state index is -0.549. The number of ketones is 1. The van der Waals surface area contributed by atoms with Crippen molar-refractivity contribution in [2.24, 2.45) is 0 Å². The van der Waals surface area contributed by atoms with Gasteiger partial charge in [-0.05, 0) is 31.0 Å². The van der Waals surface area contributed by atoms with Gasteiger partial charge >= 0.3 is 0 Å². The number of hydrogen-bond acceptors (Lipinski definition) is 4. The summed E-state index contributed by atoms with van der Waals surface area (Å²) in [5.74, 6) is -0.677. The number of carbonyl (C=O) groups is 1. The third kappa shape index (κ3) is 3.75. The Labute approximate surface area is 111 Å². The molecule has 0 aliphatic carbocycles. The number of carbonyl (C=O) groups excluding carboxylic acids is 1. The summed E-state index contributed by atoms with van der Waals surface area (Å²) >= 11 is 0. The van der Waals surface area contributed by atoms with E-state index in [0.29, 0.717) is 6.61 Å². The van der Waals surface area contributed by atoms with Gasteiger partial charge in [0.05, 0.1) is 19.8 Å². The van der Waals surface area contributed by atoms with Crippen molar-refractivity contribution in [3.8, 4) is 5.75 Å². The molecule has 1 aromatic rings. The van der Waals surface area contributed by atoms with Gasteiger partial charge in [-0.15, -0.1) is 0 Å². The monoisotopic (exact) mass is 268 g/mol. The molecule has 1 fully saturated rings. The van der Waals surface area contributed by atoms with E-state index >= 15 is 0 Å². The highest BCUT2D eigenvalue weighted by atomic mass is 19.1. The third-order valence-electron chi connectivity index (χ3n) is 3.03. The summed E-state index contributed by atoms with van der Waals surface area (Å²) in [4.78, 5) is 11.8. The minimum Gasteiger partial charge on any atom is -0.494 e. The highest BCUT2D eigenvalue weighted by Gasteiger charge is 2.16. The molecule has 0 saturated carbocycles. The van der Waals surface area contributed by atoms with Gasteiger partial charge in [0, 0.05) is 12.2 Å². The number of rotatable bonds is 6. The minimum absolute atomic E-state index is 0.0639. The van der Waals surface area contributed by atoms with Gasteiger partial charge in [-0.25, -0.2) is 4.39 Å². The molecule has 1 aliphatic heterocycles. The molecule has 4 nitrogen and oxygen atoms in total. The molecule has 104 valence electrons. The molecule has 0 bridgehead atoms. The van der Waals surface area contributed by atoms with Crippen LogP contribution in [-0.2, 0) is 9.47 Å². The molecule has 1 atom stereocenters. The lowest BCUT2D eigenvalue weighted by molar-refractivity contribution is 0.0190. The van der Waals surface area contributed by atoms with Crippen LogP contribution in [0.5, 0.6) is 5.75 Å². The summed E-state index contributed by atoms with van der Waals surface area (Å²) in [6, 6.07) is 4.12. The van der Waals surface area contributed by atoms with E-state index in [1.807, 2.05) is 0 Å². The molecule has 1 aliphatic rings. The van der Waals surface area contributed by atoms with Crippen LogP contribution in [0, 0.1) is 5.82 Å². The number of halogens is 1. The van der Waals surface area contributed by atoms with E-state index in [1.165, 1.54) is 19.2 Å². The van der Waals surface area contributed by atoms with E-state index in [0.717, 1.165) is 25.5 Å². The maximum Gasteiger partial charge on any atom is 0.188 e. The molecule has 0 spiro atoms. The summed E-state index contributed by atoms with van der Waals surface area (Å²) in [5, 5.41) is 0. The number of methoxy groups -OCH3 is 1. The largest absolute Gasteiger partial charge is 0.494 e. The van der Waals surface area contributed by atoms with Gasteiger partial charge < -0.3 is 14.2 Å². The summed E-state index contributed by atoms with van der Waals surface area (Å²) in [5.41, 5.74) is 0.283. The van der Waals surface area contributed by atoms with Crippen LogP contribution in [-0.4, -0.2) is 38.8 Å². The van der Waals surface area contributed by atoms with Crippen molar-refractivity contribution in [3.63, 3.8) is 0 Å². The molecule has 0 aromatic heterocycles. The molecule has 0 amide bonds. The zero-order valence-electron chi connectivity index (χ0n) is 10.9. The second-order valence-electron chi connectivity index (χ2n) is 4.42. The van der Waals surface area contributed by atoms with Crippen molar-refractivity contribution in [2.45, 2.75) is 18.9 Å². The quantitative estimate of drug-likeness (QED) is 0.742. The Morgan fingerprint density at radius 1 is 1.53 bits per heavy atom. The molecule has 1 saturated heterocycles. The van der Waals surface area contributed by atoms with Gasteiger partial charge in [-0.3, -0.25) is 4.79 Å². The lowest BCUT2D eigenvalue weighted by atomic mass is 10.1. The Balaban J connectivity index is 1.83. The standard InChI is InChI=1S/C14H17FO4/c1-17-14-5-4-10(7-12(14)15)13(16)9-18-8-11-3-2-6-19-11/h4-5,7,11H,2-3,6,8-9H2,1H3. The molecule has 1 aromatic carbocycles. The number of benzene rings is 1. The van der Waals surface area contributed by atoms with Crippen molar-refractivity contribution >= 4 is 5.78 Å². The van der Waals surface area contributed by atoms with Gasteiger partial charge in [0.15, 0.2) is 17.3 Å². The second-order valence-corrected chi connectivity index (χ2v) is 4.42. The fourth-order valence-electron chi connectivity index (χ4n) is 1.98. The fraction of sp³-hybridized carbons (Fsp3) is 0.500. The summed E-state index contributed by atoms with van der Waals surface area (Å²) in [6.07, 6.45) is 2.08. The summed E-state index contributed by atoms with van der Waals surface area (Å²) in [7, 11) is 1.38. The van der Waals surface area contributed by atoms with E-state index in [-0.39, 0.29) is 29.8 Å². The van der Waals surface area contributed by atoms with Crippen molar-refractivity contribution in [2.75, 3.05) is 26.9 Å². The lowest BCUT2D eigenvalue weighted by Gasteiger charge is -2.09. The van der Waals surface area contributed by atoms with Crippen LogP contribution in [0.25, 0.3) is 0 Å². The van der Waals surface area contributed by atoms with Crippen LogP contribution in [0.4, 0.5) is 4.39 Å². The van der Waals surface area contributed by atoms with Crippen molar-refractivity contribution in [1.29, 1.82) is 0 Å². The van der Waals surface area contributed by atoms with Gasteiger partial charge in [0.1, 0.15) is 6.61 Å². The normalized spacial score (nSPS) is 18.5. The number of ether oxygens (including phenoxy) is 3. The Bertz CT molecular complexity index is 441. The fourth-order valence-corrected chi connectivity index (χ4v) is 1.98. The first-order valence-electron chi connectivity index (χ1n) is 6.27. The maximum atomic E-state index is 13.4. The lowest BCUT2D eigenvalue weighted by Crippen LogP contribution is -2.18. The first-order valence-corrected chi connectivity index (χ1v) is 6.27. The Morgan fingerprint density at radius 3 is 3.00 bits per heavy atom. The van der Waals surface area contributed by atoms with E-state index in [2.05, 4.69) is 0 Å². The third-order valence-corrected chi connectivity index (χ3v) is 3.03. The van der Waals surface area contributed by atoms with Crippen LogP contribution >= 0.6 is 0 Å². The van der Waals surface area contributed by atoms with E-state index in [4.69, 9.17) is 14.2 Å². The van der Waals surface area contributed by atoms with Gasteiger partial charge in [0.25, 0.3) is 0 Å². The topological polar surface area (TPSA) is 44.8 Å². The van der Waals surface area contributed by atoms with Crippen molar-refractivity contribution < 1.29 is 23.4 Å². The molecule has 0 radical (unpaired) electrons. The summed E-state index contributed by atoms with van der Waals surface area (Å²) < 4.78 is 28.9. The average Bonchev–Trinajstić information content (AvgIpc) is 2.91. The van der Waals surface area contributed by atoms with Gasteiger partial charge in [-0.1, -0.05) is 0 Å². The van der Waals surface area contributed by atoms with Gasteiger partial charge in [-0.2, -0.15) is 0 Å². The predicted molar refractivity (Wildman–Crippen MR) is 67.1 cm³/mol. The maximum absolute atomic E-state index is 13.4. The van der Waals surface area contributed by atoms with Crippen LogP contribution in [0.2, 0.25) is 0 Å². The Morgan fingerprint density at radius 2 is 2.37 bits per heavy atom. The first-order chi connectivity index (χ1) is 9.20. The van der Waals surface area contributed by atoms with E-state index in [1.54, 1.807) is 0 Å². The predicted octanol–water partition coefficient (Wildman–Crippen LogP) is 2.21. The van der Waals surface area contributed by atoms with Crippen LogP contribution in [0.3, 0.4) is 0 Å². The molecule has 2 rings (SSSR count). The molecular formula is C14H17FO4. The zero-order valence-corrected chi connectivity index (χ0v) is 10.9. The molecule has 1 heterocycles. The van der Waals surface area contributed by atoms with Crippen LogP contribution in [0.1, 0.15) is 23.2 Å². The first kappa shape index (κ1) is 14.0. The molecule has 19 heavy (non-hydrogen) atoms. The number of Topliss-reactive ketones (excluding diaryl/α,β-unsaturated/α-hetero) is 1. The molecule has 0 N–H and O–H groups in total. The van der Waals surface area contributed by atoms with Crippen LogP contribution < -0.4 is 4.74 Å². The highest BCUT2D eigenvalue weighted by molar-refractivity contribution is 5.97. The van der Waals surface area contributed by atoms with Crippen LogP contribution in [0.15, 0.2) is 18.2 Å². The van der Waals surface area contributed by atoms with E-state index in [9.17, 15) is 9.18 Å². The zero-order chi connectivity index (χ0) is 13.7. The van der Waals surface area contributed by atoms with Gasteiger partial charge in [0.2, 0.25) is 0 Å². The molecule has 1 unspecified atom stereocenters. The SMILES string of the molecule is COc1ccc(C(=O)COCC2CCCO2)cc1F. The summed E-state index contributed by atoms with van der Waals surface area (Å²) in [6.45, 7) is 1.10. The second kappa shape index (κ2) is 6.63. The van der Waals surface area contributed by atoms with E-state index < -0.39 is 5.82 Å². The van der Waals surface area contributed by atoms with Crippen molar-refractivity contribution in [1.82, 2.24) is 0 Å². The Hall–Kier alpha value is -1.46. The average molecular weight is 268 g/mol. The molecular weight excluding hydrogens is 251 g/mol. The smallest absolute Gasteiger partial charge is 0.188 e. The number of hydrogen-bond donors (Lipinski definition) is 0. The van der Waals surface area contributed by atoms with Crippen molar-refractivity contribution in [3.05, 3.63) is 29.6 Å². The highest BCUT2D eigenvalue weighted by Crippen LogP contribution is 2.18. The molecule has 5 heteroatoms. The Kier molecular flexibility index (Phi) is 4.87.